The Morgan fingerprint density at radius 1 is 1.03 bits per heavy atom. The summed E-state index contributed by atoms with van der Waals surface area (Å²) in [4.78, 5) is 41.6. The molecule has 1 aromatic carbocycles. The minimum Gasteiger partial charge on any atom is -0.508 e. The maximum Gasteiger partial charge on any atom is 0.408 e. The second-order valence-corrected chi connectivity index (χ2v) is 12.0. The number of carbonyl (C=O) groups excluding carboxylic acids is 3. The highest BCUT2D eigenvalue weighted by atomic mass is 32.1. The summed E-state index contributed by atoms with van der Waals surface area (Å²) in [5.41, 5.74) is -1.02. The molecular weight excluding hydrogens is 478 g/mol. The summed E-state index contributed by atoms with van der Waals surface area (Å²) >= 11 is 4.32. The van der Waals surface area contributed by atoms with Crippen LogP contribution in [-0.4, -0.2) is 56.9 Å². The second-order valence-electron chi connectivity index (χ2n) is 11.6. The molecule has 8 nitrogen and oxygen atoms in total. The third-order valence-corrected chi connectivity index (χ3v) is 5.68. The van der Waals surface area contributed by atoms with Crippen molar-refractivity contribution in [2.24, 2.45) is 5.92 Å². The first-order chi connectivity index (χ1) is 16.5. The van der Waals surface area contributed by atoms with Crippen molar-refractivity contribution in [1.82, 2.24) is 15.5 Å². The van der Waals surface area contributed by atoms with Gasteiger partial charge in [-0.2, -0.15) is 12.6 Å². The zero-order valence-corrected chi connectivity index (χ0v) is 24.1. The maximum absolute atomic E-state index is 14.0. The number of amides is 3. The molecule has 0 aliphatic heterocycles. The summed E-state index contributed by atoms with van der Waals surface area (Å²) in [6.45, 7) is 16.8. The molecule has 204 valence electrons. The average Bonchev–Trinajstić information content (AvgIpc) is 2.71. The Morgan fingerprint density at radius 3 is 2.08 bits per heavy atom. The topological polar surface area (TPSA) is 108 Å². The standard InChI is InChI=1S/C27H45N3O5S/c1-17(2)14-15-18(3)30(24(33)20(16-36)28-25(34)35-27(7,8)9)22(23(32)29-26(4,5)6)19-12-10-11-13-21(19)31/h10-13,17-18,20,22,31,36H,14-16H2,1-9H3,(H,28,34)(H,29,32). The first-order valence-electron chi connectivity index (χ1n) is 12.5. The number of nitrogens with one attached hydrogen (secondary N) is 2. The van der Waals surface area contributed by atoms with Crippen LogP contribution in [0.2, 0.25) is 0 Å². The van der Waals surface area contributed by atoms with Crippen molar-refractivity contribution in [3.63, 3.8) is 0 Å². The normalized spacial score (nSPS) is 14.5. The highest BCUT2D eigenvalue weighted by Crippen LogP contribution is 2.33. The van der Waals surface area contributed by atoms with Crippen LogP contribution in [0.3, 0.4) is 0 Å². The van der Waals surface area contributed by atoms with E-state index in [1.54, 1.807) is 39.0 Å². The van der Waals surface area contributed by atoms with Crippen LogP contribution in [0.25, 0.3) is 0 Å². The molecule has 0 spiro atoms. The van der Waals surface area contributed by atoms with E-state index in [0.29, 0.717) is 17.9 Å². The number of para-hydroxylation sites is 1. The third-order valence-electron chi connectivity index (χ3n) is 5.32. The number of alkyl carbamates (subject to hydrolysis) is 1. The molecule has 9 heteroatoms. The second kappa shape index (κ2) is 13.2. The lowest BCUT2D eigenvalue weighted by Crippen LogP contribution is -2.57. The lowest BCUT2D eigenvalue weighted by atomic mass is 9.96. The van der Waals surface area contributed by atoms with E-state index in [2.05, 4.69) is 37.1 Å². The molecule has 0 fully saturated rings. The van der Waals surface area contributed by atoms with Crippen molar-refractivity contribution in [1.29, 1.82) is 0 Å². The first kappa shape index (κ1) is 31.6. The monoisotopic (exact) mass is 523 g/mol. The molecule has 0 aromatic heterocycles. The lowest BCUT2D eigenvalue weighted by molar-refractivity contribution is -0.145. The van der Waals surface area contributed by atoms with Crippen LogP contribution in [-0.2, 0) is 14.3 Å². The van der Waals surface area contributed by atoms with Crippen LogP contribution >= 0.6 is 12.6 Å². The SMILES string of the molecule is CC(C)CCC(C)N(C(=O)C(CS)NC(=O)OC(C)(C)C)C(C(=O)NC(C)(C)C)c1ccccc1O. The molecule has 1 aromatic rings. The number of ether oxygens (including phenoxy) is 1. The number of phenolic OH excluding ortho intramolecular Hbond substituents is 1. The number of benzene rings is 1. The molecule has 0 aliphatic rings. The zero-order valence-electron chi connectivity index (χ0n) is 23.2. The van der Waals surface area contributed by atoms with Crippen LogP contribution < -0.4 is 10.6 Å². The Labute approximate surface area is 222 Å². The molecular formula is C27H45N3O5S. The lowest BCUT2D eigenvalue weighted by Gasteiger charge is -2.39. The Balaban J connectivity index is 3.57. The molecule has 0 saturated carbocycles. The molecule has 0 heterocycles. The van der Waals surface area contributed by atoms with E-state index >= 15 is 0 Å². The van der Waals surface area contributed by atoms with E-state index in [4.69, 9.17) is 4.74 Å². The van der Waals surface area contributed by atoms with Gasteiger partial charge in [-0.1, -0.05) is 32.0 Å². The quantitative estimate of drug-likeness (QED) is 0.329. The number of carbonyl (C=O) groups is 3. The van der Waals surface area contributed by atoms with E-state index in [9.17, 15) is 19.5 Å². The van der Waals surface area contributed by atoms with Crippen molar-refractivity contribution in [3.05, 3.63) is 29.8 Å². The number of nitrogens with zero attached hydrogens (tertiary/aromatic N) is 1. The van der Waals surface area contributed by atoms with Crippen molar-refractivity contribution in [3.8, 4) is 5.75 Å². The van der Waals surface area contributed by atoms with Gasteiger partial charge in [0.25, 0.3) is 0 Å². The van der Waals surface area contributed by atoms with E-state index in [0.717, 1.165) is 6.42 Å². The van der Waals surface area contributed by atoms with Gasteiger partial charge in [0.15, 0.2) is 0 Å². The maximum atomic E-state index is 14.0. The van der Waals surface area contributed by atoms with Gasteiger partial charge in [-0.25, -0.2) is 4.79 Å². The summed E-state index contributed by atoms with van der Waals surface area (Å²) in [5, 5.41) is 16.3. The molecule has 0 saturated heterocycles. The Bertz CT molecular complexity index is 892. The molecule has 3 unspecified atom stereocenters. The summed E-state index contributed by atoms with van der Waals surface area (Å²) in [7, 11) is 0. The van der Waals surface area contributed by atoms with Gasteiger partial charge >= 0.3 is 6.09 Å². The predicted octanol–water partition coefficient (Wildman–Crippen LogP) is 4.82. The van der Waals surface area contributed by atoms with Gasteiger partial charge in [0.2, 0.25) is 11.8 Å². The van der Waals surface area contributed by atoms with Gasteiger partial charge in [0.05, 0.1) is 0 Å². The van der Waals surface area contributed by atoms with Gasteiger partial charge in [0.1, 0.15) is 23.4 Å². The minimum atomic E-state index is -1.12. The summed E-state index contributed by atoms with van der Waals surface area (Å²) < 4.78 is 5.34. The molecule has 0 aliphatic carbocycles. The highest BCUT2D eigenvalue weighted by Gasteiger charge is 2.40. The van der Waals surface area contributed by atoms with Crippen molar-refractivity contribution in [2.45, 2.75) is 104 Å². The van der Waals surface area contributed by atoms with Crippen LogP contribution in [0, 0.1) is 5.92 Å². The molecule has 3 N–H and O–H groups in total. The zero-order chi connectivity index (χ0) is 27.8. The average molecular weight is 524 g/mol. The number of phenols is 1. The largest absolute Gasteiger partial charge is 0.508 e. The van der Waals surface area contributed by atoms with Crippen LogP contribution in [0.15, 0.2) is 24.3 Å². The molecule has 36 heavy (non-hydrogen) atoms. The fourth-order valence-corrected chi connectivity index (χ4v) is 3.95. The van der Waals surface area contributed by atoms with Crippen LogP contribution in [0.1, 0.15) is 86.8 Å². The van der Waals surface area contributed by atoms with E-state index in [1.807, 2.05) is 27.7 Å². The minimum absolute atomic E-state index is 0.000140. The van der Waals surface area contributed by atoms with Gasteiger partial charge in [-0.15, -0.1) is 0 Å². The summed E-state index contributed by atoms with van der Waals surface area (Å²) in [6.07, 6.45) is 0.704. The molecule has 0 bridgehead atoms. The van der Waals surface area contributed by atoms with Gasteiger partial charge in [-0.05, 0) is 73.3 Å². The first-order valence-corrected chi connectivity index (χ1v) is 13.1. The fraction of sp³-hybridized carbons (Fsp3) is 0.667. The van der Waals surface area contributed by atoms with Crippen LogP contribution in [0.4, 0.5) is 4.79 Å². The predicted molar refractivity (Wildman–Crippen MR) is 146 cm³/mol. The Kier molecular flexibility index (Phi) is 11.6. The van der Waals surface area contributed by atoms with Crippen molar-refractivity contribution >= 4 is 30.5 Å². The van der Waals surface area contributed by atoms with Crippen molar-refractivity contribution < 1.29 is 24.2 Å². The van der Waals surface area contributed by atoms with Crippen molar-refractivity contribution in [2.75, 3.05) is 5.75 Å². The summed E-state index contributed by atoms with van der Waals surface area (Å²) in [6, 6.07) is 3.95. The number of hydrogen-bond acceptors (Lipinski definition) is 6. The van der Waals surface area contributed by atoms with Gasteiger partial charge in [-0.3, -0.25) is 9.59 Å². The molecule has 0 radical (unpaired) electrons. The Morgan fingerprint density at radius 2 is 1.61 bits per heavy atom. The third kappa shape index (κ3) is 10.3. The summed E-state index contributed by atoms with van der Waals surface area (Å²) in [5.74, 6) is -0.618. The fourth-order valence-electron chi connectivity index (χ4n) is 3.70. The smallest absolute Gasteiger partial charge is 0.408 e. The molecule has 3 atom stereocenters. The highest BCUT2D eigenvalue weighted by molar-refractivity contribution is 7.80. The molecule has 1 rings (SSSR count). The van der Waals surface area contributed by atoms with E-state index in [-0.39, 0.29) is 17.5 Å². The van der Waals surface area contributed by atoms with Crippen LogP contribution in [0.5, 0.6) is 5.75 Å². The number of rotatable bonds is 10. The molecule has 3 amide bonds. The van der Waals surface area contributed by atoms with Gasteiger partial charge < -0.3 is 25.4 Å². The number of thiol groups is 1. The van der Waals surface area contributed by atoms with Gasteiger partial charge in [0, 0.05) is 22.9 Å². The van der Waals surface area contributed by atoms with E-state index in [1.165, 1.54) is 11.0 Å². The number of aromatic hydroxyl groups is 1. The van der Waals surface area contributed by atoms with E-state index < -0.39 is 41.1 Å². The Hall–Kier alpha value is -2.42. The number of hydrogen-bond donors (Lipinski definition) is 4.